The number of fused-ring (bicyclic) bond motifs is 1. The van der Waals surface area contributed by atoms with E-state index in [4.69, 9.17) is 4.74 Å². The van der Waals surface area contributed by atoms with Crippen molar-refractivity contribution in [1.29, 1.82) is 0 Å². The summed E-state index contributed by atoms with van der Waals surface area (Å²) >= 11 is 0. The van der Waals surface area contributed by atoms with Crippen LogP contribution in [0.3, 0.4) is 0 Å². The summed E-state index contributed by atoms with van der Waals surface area (Å²) in [5.74, 6) is -0.249. The van der Waals surface area contributed by atoms with Crippen LogP contribution in [-0.4, -0.2) is 46.4 Å². The van der Waals surface area contributed by atoms with Gasteiger partial charge in [-0.05, 0) is 55.2 Å². The Bertz CT molecular complexity index is 1200. The van der Waals surface area contributed by atoms with Gasteiger partial charge in [0.25, 0.3) is 0 Å². The van der Waals surface area contributed by atoms with Crippen molar-refractivity contribution in [2.45, 2.75) is 44.2 Å². The Balaban J connectivity index is 1.41. The van der Waals surface area contributed by atoms with E-state index in [-0.39, 0.29) is 36.3 Å². The molecule has 1 saturated heterocycles. The van der Waals surface area contributed by atoms with Gasteiger partial charge in [0.1, 0.15) is 11.6 Å². The molecule has 33 heavy (non-hydrogen) atoms. The Morgan fingerprint density at radius 2 is 2.06 bits per heavy atom. The lowest BCUT2D eigenvalue weighted by Gasteiger charge is -2.30. The van der Waals surface area contributed by atoms with E-state index in [1.807, 2.05) is 0 Å². The van der Waals surface area contributed by atoms with Gasteiger partial charge in [-0.1, -0.05) is 6.07 Å². The number of amides is 2. The molecule has 4 rings (SSSR count). The van der Waals surface area contributed by atoms with Crippen LogP contribution in [-0.2, 0) is 22.6 Å². The zero-order valence-electron chi connectivity index (χ0n) is 18.6. The fourth-order valence-corrected chi connectivity index (χ4v) is 4.35. The van der Waals surface area contributed by atoms with Crippen molar-refractivity contribution in [2.24, 2.45) is 0 Å². The van der Waals surface area contributed by atoms with Gasteiger partial charge in [-0.2, -0.15) is 0 Å². The van der Waals surface area contributed by atoms with E-state index in [0.717, 1.165) is 5.56 Å². The Morgan fingerprint density at radius 3 is 2.79 bits per heavy atom. The van der Waals surface area contributed by atoms with E-state index in [1.54, 1.807) is 30.1 Å². The summed E-state index contributed by atoms with van der Waals surface area (Å²) in [5.41, 5.74) is 1.46. The molecule has 2 aromatic carbocycles. The minimum absolute atomic E-state index is 0.0561. The zero-order valence-corrected chi connectivity index (χ0v) is 18.6. The highest BCUT2D eigenvalue weighted by atomic mass is 19.1. The predicted octanol–water partition coefficient (Wildman–Crippen LogP) is 3.48. The van der Waals surface area contributed by atoms with Gasteiger partial charge in [-0.15, -0.1) is 0 Å². The number of imidazole rings is 1. The highest BCUT2D eigenvalue weighted by molar-refractivity contribution is 5.80. The molecule has 0 saturated carbocycles. The van der Waals surface area contributed by atoms with E-state index < -0.39 is 11.4 Å². The van der Waals surface area contributed by atoms with Gasteiger partial charge >= 0.3 is 0 Å². The lowest BCUT2D eigenvalue weighted by atomic mass is 9.84. The number of ether oxygens (including phenoxy) is 1. The van der Waals surface area contributed by atoms with E-state index in [1.165, 1.54) is 25.3 Å². The topological polar surface area (TPSA) is 87.3 Å². The van der Waals surface area contributed by atoms with Crippen molar-refractivity contribution in [3.05, 3.63) is 59.4 Å². The summed E-state index contributed by atoms with van der Waals surface area (Å²) in [5, 5.41) is 3.04. The van der Waals surface area contributed by atoms with Gasteiger partial charge in [0.2, 0.25) is 11.8 Å². The van der Waals surface area contributed by atoms with Crippen molar-refractivity contribution in [3.8, 4) is 5.75 Å². The molecular formula is C24H26F2N4O3. The van der Waals surface area contributed by atoms with E-state index in [0.29, 0.717) is 42.5 Å². The van der Waals surface area contributed by atoms with Gasteiger partial charge in [0.15, 0.2) is 11.6 Å². The maximum absolute atomic E-state index is 13.8. The molecule has 2 N–H and O–H groups in total. The van der Waals surface area contributed by atoms with Gasteiger partial charge in [0, 0.05) is 25.4 Å². The number of hydrogen-bond acceptors (Lipinski definition) is 4. The first kappa shape index (κ1) is 22.7. The number of aromatic nitrogens is 2. The summed E-state index contributed by atoms with van der Waals surface area (Å²) in [6, 6.07) is 8.93. The number of hydrogen-bond donors (Lipinski definition) is 2. The van der Waals surface area contributed by atoms with Crippen LogP contribution in [0.1, 0.15) is 37.1 Å². The van der Waals surface area contributed by atoms with Crippen LogP contribution in [0, 0.1) is 11.6 Å². The number of H-pyrrole nitrogens is 1. The van der Waals surface area contributed by atoms with E-state index in [9.17, 15) is 18.4 Å². The molecule has 0 bridgehead atoms. The van der Waals surface area contributed by atoms with Crippen molar-refractivity contribution in [1.82, 2.24) is 20.2 Å². The van der Waals surface area contributed by atoms with Crippen LogP contribution in [0.15, 0.2) is 36.4 Å². The first-order valence-corrected chi connectivity index (χ1v) is 10.8. The van der Waals surface area contributed by atoms with E-state index in [2.05, 4.69) is 15.3 Å². The van der Waals surface area contributed by atoms with Crippen LogP contribution in [0.2, 0.25) is 0 Å². The molecule has 0 unspecified atom stereocenters. The second kappa shape index (κ2) is 9.17. The van der Waals surface area contributed by atoms with Gasteiger partial charge < -0.3 is 19.9 Å². The Kier molecular flexibility index (Phi) is 6.31. The number of methoxy groups -OCH3 is 1. The molecule has 0 spiro atoms. The number of carbonyl (C=O) groups excluding carboxylic acids is 2. The number of halogens is 2. The number of benzene rings is 2. The lowest BCUT2D eigenvalue weighted by Crippen LogP contribution is -2.44. The molecule has 7 nitrogen and oxygen atoms in total. The molecule has 2 amide bonds. The molecule has 3 aromatic rings. The van der Waals surface area contributed by atoms with Crippen molar-refractivity contribution in [3.63, 3.8) is 0 Å². The molecule has 1 fully saturated rings. The van der Waals surface area contributed by atoms with Gasteiger partial charge in [-0.25, -0.2) is 13.8 Å². The maximum Gasteiger partial charge on any atom is 0.222 e. The van der Waals surface area contributed by atoms with Crippen molar-refractivity contribution in [2.75, 3.05) is 14.2 Å². The number of aromatic amines is 1. The standard InChI is InChI=1S/C24H26F2N4O3/c1-30(14-21-27-18-6-4-16(25)12-19(18)28-21)23(32)8-10-24(9-7-22(31)29-24)13-15-3-5-17(26)20(11-15)33-2/h3-6,11-12H,7-10,13-14H2,1-2H3,(H,27,28)(H,29,31)/t24-/m1/s1. The summed E-state index contributed by atoms with van der Waals surface area (Å²) in [6.07, 6.45) is 2.13. The number of nitrogens with zero attached hydrogens (tertiary/aromatic N) is 2. The summed E-state index contributed by atoms with van der Waals surface area (Å²) < 4.78 is 32.2. The molecule has 174 valence electrons. The second-order valence-corrected chi connectivity index (χ2v) is 8.57. The minimum Gasteiger partial charge on any atom is -0.494 e. The number of rotatable bonds is 8. The molecule has 1 aromatic heterocycles. The van der Waals surface area contributed by atoms with Gasteiger partial charge in [0.05, 0.1) is 24.7 Å². The fourth-order valence-electron chi connectivity index (χ4n) is 4.35. The molecule has 1 aliphatic heterocycles. The first-order chi connectivity index (χ1) is 15.8. The van der Waals surface area contributed by atoms with Crippen molar-refractivity contribution >= 4 is 22.8 Å². The van der Waals surface area contributed by atoms with Crippen LogP contribution in [0.5, 0.6) is 5.75 Å². The average Bonchev–Trinajstić information content (AvgIpc) is 3.35. The quantitative estimate of drug-likeness (QED) is 0.543. The largest absolute Gasteiger partial charge is 0.494 e. The maximum atomic E-state index is 13.8. The zero-order chi connectivity index (χ0) is 23.6. The van der Waals surface area contributed by atoms with E-state index >= 15 is 0 Å². The summed E-state index contributed by atoms with van der Waals surface area (Å²) in [7, 11) is 3.09. The normalized spacial score (nSPS) is 17.9. The summed E-state index contributed by atoms with van der Waals surface area (Å²) in [4.78, 5) is 33.9. The minimum atomic E-state index is -0.576. The molecule has 0 aliphatic carbocycles. The smallest absolute Gasteiger partial charge is 0.222 e. The number of carbonyl (C=O) groups is 2. The molecule has 1 aliphatic rings. The average molecular weight is 456 g/mol. The Labute approximate surface area is 190 Å². The summed E-state index contributed by atoms with van der Waals surface area (Å²) in [6.45, 7) is 0.254. The molecule has 2 heterocycles. The monoisotopic (exact) mass is 456 g/mol. The van der Waals surface area contributed by atoms with Crippen LogP contribution in [0.25, 0.3) is 11.0 Å². The third-order valence-corrected chi connectivity index (χ3v) is 6.12. The first-order valence-electron chi connectivity index (χ1n) is 10.8. The van der Waals surface area contributed by atoms with Crippen LogP contribution < -0.4 is 10.1 Å². The second-order valence-electron chi connectivity index (χ2n) is 8.57. The van der Waals surface area contributed by atoms with Crippen LogP contribution >= 0.6 is 0 Å². The third kappa shape index (κ3) is 5.13. The Morgan fingerprint density at radius 1 is 1.24 bits per heavy atom. The molecule has 0 radical (unpaired) electrons. The highest BCUT2D eigenvalue weighted by Crippen LogP contribution is 2.31. The molecular weight excluding hydrogens is 430 g/mol. The SMILES string of the molecule is COc1cc(C[C@]2(CCC(=O)N(C)Cc3nc4ccc(F)cc4[nH]3)CCC(=O)N2)ccc1F. The third-order valence-electron chi connectivity index (χ3n) is 6.12. The number of nitrogens with one attached hydrogen (secondary N) is 2. The molecule has 1 atom stereocenters. The molecule has 9 heteroatoms. The predicted molar refractivity (Wildman–Crippen MR) is 119 cm³/mol. The Hall–Kier alpha value is -3.49. The lowest BCUT2D eigenvalue weighted by molar-refractivity contribution is -0.131. The van der Waals surface area contributed by atoms with Crippen molar-refractivity contribution < 1.29 is 23.1 Å². The highest BCUT2D eigenvalue weighted by Gasteiger charge is 2.38. The van der Waals surface area contributed by atoms with Crippen LogP contribution in [0.4, 0.5) is 8.78 Å². The fraction of sp³-hybridized carbons (Fsp3) is 0.375. The van der Waals surface area contributed by atoms with Gasteiger partial charge in [-0.3, -0.25) is 9.59 Å².